The SMILES string of the molecule is CC(C)C1CNC2(CCCC2)CN1C(C)C1CC1. The van der Waals surface area contributed by atoms with Crippen LogP contribution in [0.15, 0.2) is 0 Å². The highest BCUT2D eigenvalue weighted by Gasteiger charge is 2.45. The lowest BCUT2D eigenvalue weighted by Crippen LogP contribution is -2.66. The second-order valence-corrected chi connectivity index (χ2v) is 7.43. The van der Waals surface area contributed by atoms with Gasteiger partial charge in [-0.25, -0.2) is 0 Å². The second-order valence-electron chi connectivity index (χ2n) is 7.43. The van der Waals surface area contributed by atoms with Crippen molar-refractivity contribution >= 4 is 0 Å². The van der Waals surface area contributed by atoms with Crippen molar-refractivity contribution < 1.29 is 0 Å². The molecule has 3 fully saturated rings. The van der Waals surface area contributed by atoms with Crippen LogP contribution < -0.4 is 5.32 Å². The molecule has 3 aliphatic rings. The fourth-order valence-electron chi connectivity index (χ4n) is 4.26. The second kappa shape index (κ2) is 4.79. The number of nitrogens with zero attached hydrogens (tertiary/aromatic N) is 1. The van der Waals surface area contributed by atoms with Crippen molar-refractivity contribution in [2.24, 2.45) is 11.8 Å². The van der Waals surface area contributed by atoms with Gasteiger partial charge in [-0.05, 0) is 44.4 Å². The lowest BCUT2D eigenvalue weighted by atomic mass is 9.87. The van der Waals surface area contributed by atoms with Crippen LogP contribution in [0.4, 0.5) is 0 Å². The van der Waals surface area contributed by atoms with Gasteiger partial charge in [0, 0.05) is 30.7 Å². The molecule has 2 nitrogen and oxygen atoms in total. The van der Waals surface area contributed by atoms with Crippen LogP contribution in [0.25, 0.3) is 0 Å². The summed E-state index contributed by atoms with van der Waals surface area (Å²) in [4.78, 5) is 2.88. The van der Waals surface area contributed by atoms with Crippen molar-refractivity contribution in [2.75, 3.05) is 13.1 Å². The van der Waals surface area contributed by atoms with Crippen molar-refractivity contribution in [2.45, 2.75) is 76.9 Å². The van der Waals surface area contributed by atoms with E-state index in [1.807, 2.05) is 0 Å². The lowest BCUT2D eigenvalue weighted by Gasteiger charge is -2.50. The number of hydrogen-bond donors (Lipinski definition) is 1. The summed E-state index contributed by atoms with van der Waals surface area (Å²) >= 11 is 0. The van der Waals surface area contributed by atoms with E-state index >= 15 is 0 Å². The average molecular weight is 250 g/mol. The number of rotatable bonds is 3. The van der Waals surface area contributed by atoms with Crippen molar-refractivity contribution in [3.05, 3.63) is 0 Å². The molecule has 3 rings (SSSR count). The lowest BCUT2D eigenvalue weighted by molar-refractivity contribution is 0.0204. The van der Waals surface area contributed by atoms with Gasteiger partial charge in [-0.3, -0.25) is 4.90 Å². The maximum Gasteiger partial charge on any atom is 0.0309 e. The number of nitrogens with one attached hydrogen (secondary N) is 1. The van der Waals surface area contributed by atoms with E-state index in [2.05, 4.69) is 31.0 Å². The first kappa shape index (κ1) is 12.9. The molecule has 2 heteroatoms. The maximum atomic E-state index is 3.93. The molecule has 0 amide bonds. The van der Waals surface area contributed by atoms with E-state index in [1.165, 1.54) is 51.6 Å². The fraction of sp³-hybridized carbons (Fsp3) is 1.00. The van der Waals surface area contributed by atoms with Crippen LogP contribution in [-0.2, 0) is 0 Å². The van der Waals surface area contributed by atoms with Crippen LogP contribution in [0, 0.1) is 11.8 Å². The average Bonchev–Trinajstić information content (AvgIpc) is 3.11. The summed E-state index contributed by atoms with van der Waals surface area (Å²) in [6.45, 7) is 9.81. The van der Waals surface area contributed by atoms with E-state index in [9.17, 15) is 0 Å². The molecule has 0 aromatic heterocycles. The Morgan fingerprint density at radius 3 is 2.33 bits per heavy atom. The van der Waals surface area contributed by atoms with Gasteiger partial charge in [0.05, 0.1) is 0 Å². The zero-order valence-electron chi connectivity index (χ0n) is 12.4. The molecule has 2 unspecified atom stereocenters. The molecule has 1 spiro atoms. The predicted octanol–water partition coefficient (Wildman–Crippen LogP) is 3.03. The summed E-state index contributed by atoms with van der Waals surface area (Å²) in [6.07, 6.45) is 8.64. The molecule has 0 aromatic rings. The van der Waals surface area contributed by atoms with E-state index in [-0.39, 0.29) is 0 Å². The molecule has 104 valence electrons. The summed E-state index contributed by atoms with van der Waals surface area (Å²) in [5.74, 6) is 1.78. The van der Waals surface area contributed by atoms with E-state index in [0.717, 1.165) is 23.9 Å². The van der Waals surface area contributed by atoms with E-state index < -0.39 is 0 Å². The van der Waals surface area contributed by atoms with Crippen molar-refractivity contribution in [3.8, 4) is 0 Å². The highest BCUT2D eigenvalue weighted by Crippen LogP contribution is 2.40. The molecule has 18 heavy (non-hydrogen) atoms. The molecule has 2 atom stereocenters. The molecule has 0 radical (unpaired) electrons. The largest absolute Gasteiger partial charge is 0.308 e. The molecule has 1 heterocycles. The van der Waals surface area contributed by atoms with Crippen molar-refractivity contribution in [3.63, 3.8) is 0 Å². The fourth-order valence-corrected chi connectivity index (χ4v) is 4.26. The summed E-state index contributed by atoms with van der Waals surface area (Å²) in [7, 11) is 0. The topological polar surface area (TPSA) is 15.3 Å². The Balaban J connectivity index is 1.74. The predicted molar refractivity (Wildman–Crippen MR) is 76.7 cm³/mol. The maximum absolute atomic E-state index is 3.93. The Morgan fingerprint density at radius 2 is 1.78 bits per heavy atom. The first-order valence-corrected chi connectivity index (χ1v) is 8.12. The molecule has 0 bridgehead atoms. The van der Waals surface area contributed by atoms with Crippen LogP contribution >= 0.6 is 0 Å². The van der Waals surface area contributed by atoms with Gasteiger partial charge in [-0.15, -0.1) is 0 Å². The minimum Gasteiger partial charge on any atom is -0.308 e. The zero-order valence-corrected chi connectivity index (χ0v) is 12.4. The molecule has 1 saturated heterocycles. The Kier molecular flexibility index (Phi) is 3.44. The van der Waals surface area contributed by atoms with E-state index in [1.54, 1.807) is 0 Å². The smallest absolute Gasteiger partial charge is 0.0309 e. The van der Waals surface area contributed by atoms with Crippen LogP contribution in [0.5, 0.6) is 0 Å². The molecule has 2 aliphatic carbocycles. The Morgan fingerprint density at radius 1 is 1.11 bits per heavy atom. The molecule has 2 saturated carbocycles. The Labute approximate surface area is 113 Å². The van der Waals surface area contributed by atoms with Gasteiger partial charge < -0.3 is 5.32 Å². The van der Waals surface area contributed by atoms with Crippen LogP contribution in [0.3, 0.4) is 0 Å². The van der Waals surface area contributed by atoms with Gasteiger partial charge in [0.2, 0.25) is 0 Å². The molecular formula is C16H30N2. The third-order valence-electron chi connectivity index (χ3n) is 5.75. The summed E-state index contributed by atoms with van der Waals surface area (Å²) in [5.41, 5.74) is 0.481. The highest BCUT2D eigenvalue weighted by molar-refractivity contribution is 5.04. The highest BCUT2D eigenvalue weighted by atomic mass is 15.3. The van der Waals surface area contributed by atoms with Gasteiger partial charge in [0.1, 0.15) is 0 Å². The molecule has 1 N–H and O–H groups in total. The van der Waals surface area contributed by atoms with Crippen LogP contribution in [0.1, 0.15) is 59.3 Å². The van der Waals surface area contributed by atoms with Gasteiger partial charge in [-0.1, -0.05) is 26.7 Å². The molecule has 0 aromatic carbocycles. The standard InChI is InChI=1S/C16H30N2/c1-12(2)15-10-17-16(8-4-5-9-16)11-18(15)13(3)14-6-7-14/h12-15,17H,4-11H2,1-3H3. The van der Waals surface area contributed by atoms with Crippen LogP contribution in [0.2, 0.25) is 0 Å². The van der Waals surface area contributed by atoms with Gasteiger partial charge >= 0.3 is 0 Å². The third kappa shape index (κ3) is 2.34. The normalized spacial score (nSPS) is 34.3. The molecular weight excluding hydrogens is 220 g/mol. The van der Waals surface area contributed by atoms with Gasteiger partial charge in [0.25, 0.3) is 0 Å². The first-order valence-electron chi connectivity index (χ1n) is 8.12. The van der Waals surface area contributed by atoms with Crippen molar-refractivity contribution in [1.29, 1.82) is 0 Å². The summed E-state index contributed by atoms with van der Waals surface area (Å²) in [5, 5.41) is 3.93. The number of piperazine rings is 1. The van der Waals surface area contributed by atoms with Crippen LogP contribution in [-0.4, -0.2) is 35.6 Å². The van der Waals surface area contributed by atoms with E-state index in [0.29, 0.717) is 5.54 Å². The van der Waals surface area contributed by atoms with Crippen molar-refractivity contribution in [1.82, 2.24) is 10.2 Å². The minimum absolute atomic E-state index is 0.481. The Bertz CT molecular complexity index is 289. The van der Waals surface area contributed by atoms with Gasteiger partial charge in [-0.2, -0.15) is 0 Å². The zero-order chi connectivity index (χ0) is 12.8. The monoisotopic (exact) mass is 250 g/mol. The quantitative estimate of drug-likeness (QED) is 0.828. The summed E-state index contributed by atoms with van der Waals surface area (Å²) in [6, 6.07) is 1.57. The molecule has 1 aliphatic heterocycles. The Hall–Kier alpha value is -0.0800. The van der Waals surface area contributed by atoms with Gasteiger partial charge in [0.15, 0.2) is 0 Å². The van der Waals surface area contributed by atoms with E-state index in [4.69, 9.17) is 0 Å². The summed E-state index contributed by atoms with van der Waals surface area (Å²) < 4.78 is 0. The minimum atomic E-state index is 0.481. The third-order valence-corrected chi connectivity index (χ3v) is 5.75. The number of hydrogen-bond acceptors (Lipinski definition) is 2. The first-order chi connectivity index (χ1) is 8.61.